The fraction of sp³-hybridized carbons (Fsp3) is 0.981. The summed E-state index contributed by atoms with van der Waals surface area (Å²) in [6.45, 7) is 9.01. The summed E-state index contributed by atoms with van der Waals surface area (Å²) in [6, 6.07) is 0.220. The monoisotopic (exact) mass is 804 g/mol. The van der Waals surface area contributed by atoms with Crippen molar-refractivity contribution >= 4 is 5.97 Å². The molecule has 0 aromatic heterocycles. The highest BCUT2D eigenvalue weighted by Crippen LogP contribution is 2.19. The first kappa shape index (κ1) is 56.4. The number of carboxylic acids is 1. The van der Waals surface area contributed by atoms with Gasteiger partial charge in [0.25, 0.3) is 0 Å². The van der Waals surface area contributed by atoms with Crippen molar-refractivity contribution in [2.75, 3.05) is 13.1 Å². The molecule has 57 heavy (non-hydrogen) atoms. The average molecular weight is 804 g/mol. The van der Waals surface area contributed by atoms with Gasteiger partial charge in [-0.1, -0.05) is 297 Å². The van der Waals surface area contributed by atoms with Crippen LogP contribution in [0.3, 0.4) is 0 Å². The summed E-state index contributed by atoms with van der Waals surface area (Å²) in [5, 5.41) is 9.64. The second-order valence-electron chi connectivity index (χ2n) is 18.9. The number of aliphatic carboxylic acids is 1. The third-order valence-corrected chi connectivity index (χ3v) is 13.1. The molecule has 0 fully saturated rings. The highest BCUT2D eigenvalue weighted by Gasteiger charge is 2.20. The molecule has 0 aromatic rings. The molecule has 3 heteroatoms. The lowest BCUT2D eigenvalue weighted by Crippen LogP contribution is -2.38. The van der Waals surface area contributed by atoms with Crippen LogP contribution in [0.5, 0.6) is 0 Å². The molecule has 3 nitrogen and oxygen atoms in total. The number of hydrogen-bond donors (Lipinski definition) is 1. The Morgan fingerprint density at radius 3 is 0.684 bits per heavy atom. The fourth-order valence-electron chi connectivity index (χ4n) is 9.27. The van der Waals surface area contributed by atoms with E-state index >= 15 is 0 Å². The van der Waals surface area contributed by atoms with Crippen LogP contribution < -0.4 is 0 Å². The van der Waals surface area contributed by atoms with Crippen molar-refractivity contribution in [3.8, 4) is 0 Å². The van der Waals surface area contributed by atoms with Crippen LogP contribution in [0.4, 0.5) is 0 Å². The van der Waals surface area contributed by atoms with Crippen molar-refractivity contribution in [3.05, 3.63) is 0 Å². The lowest BCUT2D eigenvalue weighted by atomic mass is 10.0. The lowest BCUT2D eigenvalue weighted by Gasteiger charge is -2.31. The standard InChI is InChI=1S/C54H109NO2/c1-4-7-9-11-13-15-17-19-21-23-25-27-29-31-33-35-37-39-41-43-45-47-50-55(53(49-6-3)52-54(56)57)51-48-46-44-42-40-38-36-34-32-30-28-26-24-22-20-18-16-14-12-10-8-5-2/h53H,4-52H2,1-3H3,(H,56,57). The Morgan fingerprint density at radius 1 is 0.316 bits per heavy atom. The SMILES string of the molecule is CCCCCCCCCCCCCCCCCCCCCCCCN(CCCCCCCCCCCCCCCCCCCCCCCC)C(CCC)CC(=O)O. The van der Waals surface area contributed by atoms with Crippen molar-refractivity contribution in [2.45, 2.75) is 329 Å². The maximum Gasteiger partial charge on any atom is 0.304 e. The quantitative estimate of drug-likeness (QED) is 0.0623. The number of carbonyl (C=O) groups is 1. The van der Waals surface area contributed by atoms with E-state index in [2.05, 4.69) is 25.7 Å². The van der Waals surface area contributed by atoms with E-state index < -0.39 is 5.97 Å². The first-order valence-electron chi connectivity index (χ1n) is 27.1. The normalized spacial score (nSPS) is 12.3. The predicted molar refractivity (Wildman–Crippen MR) is 257 cm³/mol. The molecule has 0 bridgehead atoms. The van der Waals surface area contributed by atoms with E-state index in [1.807, 2.05) is 0 Å². The predicted octanol–water partition coefficient (Wildman–Crippen LogP) is 19.1. The van der Waals surface area contributed by atoms with Gasteiger partial charge in [-0.15, -0.1) is 0 Å². The van der Waals surface area contributed by atoms with Crippen LogP contribution in [0.25, 0.3) is 0 Å². The van der Waals surface area contributed by atoms with Gasteiger partial charge in [0, 0.05) is 6.04 Å². The van der Waals surface area contributed by atoms with Gasteiger partial charge in [0.05, 0.1) is 6.42 Å². The van der Waals surface area contributed by atoms with Crippen LogP contribution in [0.2, 0.25) is 0 Å². The molecule has 0 heterocycles. The molecular weight excluding hydrogens is 695 g/mol. The molecule has 0 aliphatic carbocycles. The maximum atomic E-state index is 11.7. The zero-order valence-corrected chi connectivity index (χ0v) is 40.0. The molecule has 0 aromatic carbocycles. The average Bonchev–Trinajstić information content (AvgIpc) is 3.20. The summed E-state index contributed by atoms with van der Waals surface area (Å²) in [7, 11) is 0. The molecule has 0 amide bonds. The van der Waals surface area contributed by atoms with Gasteiger partial charge in [0.2, 0.25) is 0 Å². The van der Waals surface area contributed by atoms with Gasteiger partial charge in [-0.3, -0.25) is 9.69 Å². The van der Waals surface area contributed by atoms with Crippen molar-refractivity contribution in [1.29, 1.82) is 0 Å². The van der Waals surface area contributed by atoms with Crippen molar-refractivity contribution in [2.24, 2.45) is 0 Å². The molecular formula is C54H109NO2. The number of rotatable bonds is 51. The smallest absolute Gasteiger partial charge is 0.304 e. The van der Waals surface area contributed by atoms with E-state index in [9.17, 15) is 9.90 Å². The number of carboxylic acid groups (broad SMARTS) is 1. The third kappa shape index (κ3) is 46.3. The highest BCUT2D eigenvalue weighted by molar-refractivity contribution is 5.67. The van der Waals surface area contributed by atoms with Crippen LogP contribution in [-0.4, -0.2) is 35.1 Å². The largest absolute Gasteiger partial charge is 0.481 e. The third-order valence-electron chi connectivity index (χ3n) is 13.1. The summed E-state index contributed by atoms with van der Waals surface area (Å²) >= 11 is 0. The first-order valence-corrected chi connectivity index (χ1v) is 27.1. The molecule has 1 atom stereocenters. The van der Waals surface area contributed by atoms with Gasteiger partial charge in [0.1, 0.15) is 0 Å². The zero-order valence-electron chi connectivity index (χ0n) is 40.0. The summed E-state index contributed by atoms with van der Waals surface area (Å²) in [5.74, 6) is -0.624. The van der Waals surface area contributed by atoms with Gasteiger partial charge in [-0.05, 0) is 32.4 Å². The second kappa shape index (κ2) is 49.8. The van der Waals surface area contributed by atoms with Crippen molar-refractivity contribution in [3.63, 3.8) is 0 Å². The van der Waals surface area contributed by atoms with Gasteiger partial charge in [-0.2, -0.15) is 0 Å². The van der Waals surface area contributed by atoms with Crippen LogP contribution in [-0.2, 0) is 4.79 Å². The molecule has 0 saturated heterocycles. The summed E-state index contributed by atoms with van der Waals surface area (Å²) in [4.78, 5) is 14.3. The first-order chi connectivity index (χ1) is 28.2. The van der Waals surface area contributed by atoms with Crippen LogP contribution >= 0.6 is 0 Å². The molecule has 1 unspecified atom stereocenters. The Bertz CT molecular complexity index is 691. The Balaban J connectivity index is 3.74. The number of hydrogen-bond acceptors (Lipinski definition) is 2. The Morgan fingerprint density at radius 2 is 0.509 bits per heavy atom. The fourth-order valence-corrected chi connectivity index (χ4v) is 9.27. The maximum absolute atomic E-state index is 11.7. The minimum absolute atomic E-state index is 0.220. The Labute approximate surface area is 361 Å². The Hall–Kier alpha value is -0.570. The van der Waals surface area contributed by atoms with E-state index in [0.29, 0.717) is 6.42 Å². The summed E-state index contributed by atoms with van der Waals surface area (Å²) in [6.07, 6.45) is 65.0. The summed E-state index contributed by atoms with van der Waals surface area (Å²) in [5.41, 5.74) is 0. The van der Waals surface area contributed by atoms with E-state index in [1.54, 1.807) is 0 Å². The molecule has 0 rings (SSSR count). The zero-order chi connectivity index (χ0) is 41.4. The van der Waals surface area contributed by atoms with E-state index in [1.165, 1.54) is 283 Å². The minimum atomic E-state index is -0.624. The van der Waals surface area contributed by atoms with Gasteiger partial charge in [0.15, 0.2) is 0 Å². The second-order valence-corrected chi connectivity index (χ2v) is 18.9. The minimum Gasteiger partial charge on any atom is -0.481 e. The summed E-state index contributed by atoms with van der Waals surface area (Å²) < 4.78 is 0. The number of nitrogens with zero attached hydrogens (tertiary/aromatic N) is 1. The Kier molecular flexibility index (Phi) is 49.3. The topological polar surface area (TPSA) is 40.5 Å². The van der Waals surface area contributed by atoms with E-state index in [-0.39, 0.29) is 6.04 Å². The van der Waals surface area contributed by atoms with Crippen molar-refractivity contribution in [1.82, 2.24) is 4.90 Å². The molecule has 0 spiro atoms. The molecule has 0 aliphatic heterocycles. The van der Waals surface area contributed by atoms with E-state index in [0.717, 1.165) is 25.9 Å². The molecule has 0 radical (unpaired) electrons. The van der Waals surface area contributed by atoms with Gasteiger partial charge < -0.3 is 5.11 Å². The molecule has 342 valence electrons. The van der Waals surface area contributed by atoms with Gasteiger partial charge >= 0.3 is 5.97 Å². The molecule has 0 saturated carbocycles. The molecule has 1 N–H and O–H groups in total. The van der Waals surface area contributed by atoms with Crippen LogP contribution in [0.1, 0.15) is 323 Å². The highest BCUT2D eigenvalue weighted by atomic mass is 16.4. The van der Waals surface area contributed by atoms with Crippen LogP contribution in [0, 0.1) is 0 Å². The van der Waals surface area contributed by atoms with Crippen LogP contribution in [0.15, 0.2) is 0 Å². The van der Waals surface area contributed by atoms with Gasteiger partial charge in [-0.25, -0.2) is 0 Å². The molecule has 0 aliphatic rings. The lowest BCUT2D eigenvalue weighted by molar-refractivity contribution is -0.138. The van der Waals surface area contributed by atoms with Crippen molar-refractivity contribution < 1.29 is 9.90 Å². The number of unbranched alkanes of at least 4 members (excludes halogenated alkanes) is 42. The van der Waals surface area contributed by atoms with E-state index in [4.69, 9.17) is 0 Å².